The molecule has 1 aliphatic heterocycles. The van der Waals surface area contributed by atoms with Crippen LogP contribution in [0.4, 0.5) is 5.13 Å². The van der Waals surface area contributed by atoms with Gasteiger partial charge in [-0.15, -0.1) is 11.3 Å². The number of nitrogens with zero attached hydrogens (tertiary/aromatic N) is 6. The zero-order valence-corrected chi connectivity index (χ0v) is 17.6. The number of piperazine rings is 1. The monoisotopic (exact) mass is 393 g/mol. The van der Waals surface area contributed by atoms with Crippen LogP contribution in [0.5, 0.6) is 0 Å². The van der Waals surface area contributed by atoms with Gasteiger partial charge < -0.3 is 15.1 Å². The molecule has 0 saturated carbocycles. The molecule has 1 fully saturated rings. The van der Waals surface area contributed by atoms with Crippen molar-refractivity contribution in [1.82, 2.24) is 24.6 Å². The number of guanidine groups is 1. The van der Waals surface area contributed by atoms with Crippen molar-refractivity contribution in [2.24, 2.45) is 4.99 Å². The van der Waals surface area contributed by atoms with Crippen LogP contribution in [0.15, 0.2) is 4.99 Å². The summed E-state index contributed by atoms with van der Waals surface area (Å²) in [7, 11) is 1.86. The number of aromatic nitrogens is 3. The van der Waals surface area contributed by atoms with Crippen molar-refractivity contribution in [3.05, 3.63) is 21.4 Å². The smallest absolute Gasteiger partial charge is 0.205 e. The van der Waals surface area contributed by atoms with E-state index in [2.05, 4.69) is 55.2 Å². The summed E-state index contributed by atoms with van der Waals surface area (Å²) in [5.41, 5.74) is 1.15. The van der Waals surface area contributed by atoms with Crippen molar-refractivity contribution < 1.29 is 0 Å². The quantitative estimate of drug-likeness (QED) is 0.620. The third kappa shape index (κ3) is 4.50. The summed E-state index contributed by atoms with van der Waals surface area (Å²) in [5.74, 6) is 1.92. The Balaban J connectivity index is 1.48. The largest absolute Gasteiger partial charge is 0.356 e. The van der Waals surface area contributed by atoms with Crippen LogP contribution < -0.4 is 10.2 Å². The first-order valence-corrected chi connectivity index (χ1v) is 10.7. The average molecular weight is 394 g/mol. The summed E-state index contributed by atoms with van der Waals surface area (Å²) in [6.07, 6.45) is 1.88. The molecule has 0 spiro atoms. The Morgan fingerprint density at radius 3 is 2.54 bits per heavy atom. The molecule has 0 unspecified atom stereocenters. The number of hydrogen-bond acceptors (Lipinski definition) is 7. The molecule has 0 atom stereocenters. The Bertz CT molecular complexity index is 744. The fraction of sp³-hybridized carbons (Fsp3) is 0.647. The molecule has 7 nitrogen and oxygen atoms in total. The molecule has 0 bridgehead atoms. The van der Waals surface area contributed by atoms with E-state index in [1.54, 1.807) is 11.3 Å². The number of nitrogens with one attached hydrogen (secondary N) is 1. The topological polar surface area (TPSA) is 69.5 Å². The van der Waals surface area contributed by atoms with E-state index >= 15 is 0 Å². The second kappa shape index (κ2) is 8.77. The first-order chi connectivity index (χ1) is 12.6. The van der Waals surface area contributed by atoms with E-state index in [-0.39, 0.29) is 0 Å². The number of thiazole rings is 1. The van der Waals surface area contributed by atoms with E-state index < -0.39 is 0 Å². The summed E-state index contributed by atoms with van der Waals surface area (Å²) in [5, 5.41) is 5.68. The van der Waals surface area contributed by atoms with Crippen molar-refractivity contribution in [1.29, 1.82) is 0 Å². The molecule has 142 valence electrons. The van der Waals surface area contributed by atoms with Gasteiger partial charge in [0.15, 0.2) is 5.96 Å². The normalized spacial score (nSPS) is 15.6. The molecule has 2 aromatic rings. The summed E-state index contributed by atoms with van der Waals surface area (Å²) < 4.78 is 4.39. The fourth-order valence-electron chi connectivity index (χ4n) is 3.05. The molecule has 1 N–H and O–H groups in total. The molecule has 1 aliphatic rings. The van der Waals surface area contributed by atoms with Gasteiger partial charge in [0.25, 0.3) is 0 Å². The van der Waals surface area contributed by atoms with Gasteiger partial charge in [0.05, 0.1) is 10.7 Å². The second-order valence-electron chi connectivity index (χ2n) is 6.29. The molecule has 1 saturated heterocycles. The molecular weight excluding hydrogens is 366 g/mol. The number of aryl methyl sites for hydroxylation is 3. The van der Waals surface area contributed by atoms with Crippen molar-refractivity contribution in [3.8, 4) is 0 Å². The predicted octanol–water partition coefficient (Wildman–Crippen LogP) is 2.11. The predicted molar refractivity (Wildman–Crippen MR) is 110 cm³/mol. The molecule has 26 heavy (non-hydrogen) atoms. The highest BCUT2D eigenvalue weighted by atomic mass is 32.1. The Morgan fingerprint density at radius 1 is 1.19 bits per heavy atom. The van der Waals surface area contributed by atoms with Gasteiger partial charge in [-0.2, -0.15) is 4.37 Å². The van der Waals surface area contributed by atoms with Crippen molar-refractivity contribution in [3.63, 3.8) is 0 Å². The number of rotatable bonds is 5. The van der Waals surface area contributed by atoms with Crippen molar-refractivity contribution in [2.45, 2.75) is 33.6 Å². The Hall–Kier alpha value is -1.74. The van der Waals surface area contributed by atoms with Gasteiger partial charge in [-0.1, -0.05) is 6.92 Å². The van der Waals surface area contributed by atoms with Gasteiger partial charge in [0.1, 0.15) is 5.82 Å². The average Bonchev–Trinajstić information content (AvgIpc) is 3.25. The fourth-order valence-corrected chi connectivity index (χ4v) is 4.79. The lowest BCUT2D eigenvalue weighted by Crippen LogP contribution is -2.52. The Kier molecular flexibility index (Phi) is 6.42. The van der Waals surface area contributed by atoms with Gasteiger partial charge in [-0.3, -0.25) is 4.99 Å². The Morgan fingerprint density at radius 2 is 1.96 bits per heavy atom. The molecule has 0 amide bonds. The third-order valence-electron chi connectivity index (χ3n) is 4.47. The van der Waals surface area contributed by atoms with Crippen LogP contribution in [-0.2, 0) is 12.8 Å². The van der Waals surface area contributed by atoms with Crippen LogP contribution in [0.25, 0.3) is 0 Å². The summed E-state index contributed by atoms with van der Waals surface area (Å²) in [6.45, 7) is 10.9. The van der Waals surface area contributed by atoms with Crippen LogP contribution in [0, 0.1) is 13.8 Å². The highest BCUT2D eigenvalue weighted by Gasteiger charge is 2.22. The minimum absolute atomic E-state index is 0.881. The number of aliphatic imine (C=N–C) groups is 1. The molecule has 3 rings (SSSR count). The Labute approximate surface area is 163 Å². The van der Waals surface area contributed by atoms with Crippen LogP contribution in [-0.4, -0.2) is 65.0 Å². The maximum Gasteiger partial charge on any atom is 0.205 e. The standard InChI is InChI=1S/C17H27N7S2/c1-5-15-21-17(26-22-15)24-10-8-23(9-11-24)16(18-4)19-7-6-14-12(2)20-13(3)25-14/h5-11H2,1-4H3,(H,18,19). The van der Waals surface area contributed by atoms with E-state index in [0.29, 0.717) is 0 Å². The molecule has 2 aromatic heterocycles. The molecular formula is C17H27N7S2. The first kappa shape index (κ1) is 19.0. The van der Waals surface area contributed by atoms with Crippen molar-refractivity contribution in [2.75, 3.05) is 44.7 Å². The molecule has 9 heteroatoms. The lowest BCUT2D eigenvalue weighted by Gasteiger charge is -2.36. The second-order valence-corrected chi connectivity index (χ2v) is 8.30. The summed E-state index contributed by atoms with van der Waals surface area (Å²) in [4.78, 5) is 19.6. The number of anilines is 1. The van der Waals surface area contributed by atoms with E-state index in [4.69, 9.17) is 0 Å². The highest BCUT2D eigenvalue weighted by Crippen LogP contribution is 2.19. The van der Waals surface area contributed by atoms with Crippen LogP contribution in [0.2, 0.25) is 0 Å². The third-order valence-corrected chi connectivity index (χ3v) is 6.42. The van der Waals surface area contributed by atoms with Crippen LogP contribution in [0.1, 0.15) is 28.3 Å². The van der Waals surface area contributed by atoms with Gasteiger partial charge in [0.2, 0.25) is 5.13 Å². The van der Waals surface area contributed by atoms with E-state index in [1.807, 2.05) is 7.05 Å². The van der Waals surface area contributed by atoms with E-state index in [1.165, 1.54) is 16.4 Å². The van der Waals surface area contributed by atoms with Gasteiger partial charge >= 0.3 is 0 Å². The SMILES string of the molecule is CCc1nsc(N2CCN(C(=NC)NCCc3sc(C)nc3C)CC2)n1. The molecule has 0 aliphatic carbocycles. The van der Waals surface area contributed by atoms with Crippen LogP contribution >= 0.6 is 22.9 Å². The van der Waals surface area contributed by atoms with E-state index in [9.17, 15) is 0 Å². The van der Waals surface area contributed by atoms with Crippen molar-refractivity contribution >= 4 is 34.0 Å². The highest BCUT2D eigenvalue weighted by molar-refractivity contribution is 7.11. The van der Waals surface area contributed by atoms with Gasteiger partial charge in [-0.25, -0.2) is 9.97 Å². The lowest BCUT2D eigenvalue weighted by molar-refractivity contribution is 0.372. The maximum atomic E-state index is 4.60. The minimum atomic E-state index is 0.881. The maximum absolute atomic E-state index is 4.60. The van der Waals surface area contributed by atoms with Gasteiger partial charge in [0, 0.05) is 69.0 Å². The summed E-state index contributed by atoms with van der Waals surface area (Å²) >= 11 is 3.29. The lowest BCUT2D eigenvalue weighted by atomic mass is 10.3. The van der Waals surface area contributed by atoms with Gasteiger partial charge in [-0.05, 0) is 13.8 Å². The minimum Gasteiger partial charge on any atom is -0.356 e. The number of hydrogen-bond donors (Lipinski definition) is 1. The zero-order valence-electron chi connectivity index (χ0n) is 15.9. The van der Waals surface area contributed by atoms with E-state index in [0.717, 1.165) is 73.2 Å². The molecule has 0 aromatic carbocycles. The zero-order chi connectivity index (χ0) is 18.5. The summed E-state index contributed by atoms with van der Waals surface area (Å²) in [6, 6.07) is 0. The molecule has 3 heterocycles. The van der Waals surface area contributed by atoms with Crippen LogP contribution in [0.3, 0.4) is 0 Å². The first-order valence-electron chi connectivity index (χ1n) is 9.06. The molecule has 0 radical (unpaired) electrons.